The van der Waals surface area contributed by atoms with Crippen LogP contribution >= 0.6 is 0 Å². The van der Waals surface area contributed by atoms with E-state index in [1.54, 1.807) is 0 Å². The number of piperidine rings is 1. The minimum Gasteiger partial charge on any atom is -0.338 e. The molecule has 1 N–H and O–H groups in total. The summed E-state index contributed by atoms with van der Waals surface area (Å²) < 4.78 is 5.35. The summed E-state index contributed by atoms with van der Waals surface area (Å²) in [5, 5.41) is 7.68. The second-order valence-corrected chi connectivity index (χ2v) is 5.86. The zero-order valence-electron chi connectivity index (χ0n) is 11.8. The van der Waals surface area contributed by atoms with Crippen LogP contribution in [0.15, 0.2) is 4.52 Å². The molecule has 0 spiro atoms. The van der Waals surface area contributed by atoms with Crippen LogP contribution in [-0.4, -0.2) is 40.7 Å². The normalized spacial score (nSPS) is 27.6. The number of likely N-dealkylation sites (tertiary alicyclic amines) is 1. The van der Waals surface area contributed by atoms with Crippen molar-refractivity contribution < 1.29 is 4.52 Å². The molecule has 1 aromatic heterocycles. The molecular weight excluding hydrogens is 240 g/mol. The van der Waals surface area contributed by atoms with Crippen molar-refractivity contribution >= 4 is 0 Å². The molecule has 5 heteroatoms. The SMILES string of the molecule is CCCCc1noc(CN2CC3CCCNC3C2)n1. The lowest BCUT2D eigenvalue weighted by Crippen LogP contribution is -2.40. The molecule has 0 bridgehead atoms. The monoisotopic (exact) mass is 264 g/mol. The van der Waals surface area contributed by atoms with Crippen molar-refractivity contribution in [3.05, 3.63) is 11.7 Å². The van der Waals surface area contributed by atoms with Gasteiger partial charge in [-0.3, -0.25) is 4.90 Å². The van der Waals surface area contributed by atoms with Crippen LogP contribution in [0.1, 0.15) is 44.3 Å². The Kier molecular flexibility index (Phi) is 4.13. The van der Waals surface area contributed by atoms with E-state index in [0.29, 0.717) is 6.04 Å². The second kappa shape index (κ2) is 6.01. The van der Waals surface area contributed by atoms with E-state index in [1.807, 2.05) is 0 Å². The lowest BCUT2D eigenvalue weighted by atomic mass is 9.94. The number of fused-ring (bicyclic) bond motifs is 1. The largest absolute Gasteiger partial charge is 0.338 e. The quantitative estimate of drug-likeness (QED) is 0.875. The minimum absolute atomic E-state index is 0.677. The number of hydrogen-bond donors (Lipinski definition) is 1. The first-order valence-electron chi connectivity index (χ1n) is 7.62. The number of rotatable bonds is 5. The third-order valence-electron chi connectivity index (χ3n) is 4.30. The molecular formula is C14H24N4O. The molecule has 2 aliphatic heterocycles. The Morgan fingerprint density at radius 3 is 3.21 bits per heavy atom. The zero-order chi connectivity index (χ0) is 13.1. The lowest BCUT2D eigenvalue weighted by molar-refractivity contribution is 0.258. The number of hydrogen-bond acceptors (Lipinski definition) is 5. The van der Waals surface area contributed by atoms with Crippen LogP contribution in [0.3, 0.4) is 0 Å². The van der Waals surface area contributed by atoms with Gasteiger partial charge in [0.1, 0.15) is 0 Å². The predicted octanol–water partition coefficient (Wildman–Crippen LogP) is 1.60. The van der Waals surface area contributed by atoms with Gasteiger partial charge in [0.05, 0.1) is 6.54 Å². The van der Waals surface area contributed by atoms with Crippen molar-refractivity contribution in [2.45, 2.75) is 51.6 Å². The van der Waals surface area contributed by atoms with Gasteiger partial charge >= 0.3 is 0 Å². The van der Waals surface area contributed by atoms with Gasteiger partial charge in [0.25, 0.3) is 0 Å². The van der Waals surface area contributed by atoms with Crippen molar-refractivity contribution in [1.29, 1.82) is 0 Å². The summed E-state index contributed by atoms with van der Waals surface area (Å²) >= 11 is 0. The highest BCUT2D eigenvalue weighted by molar-refractivity contribution is 4.94. The summed E-state index contributed by atoms with van der Waals surface area (Å²) in [6.45, 7) is 6.46. The Morgan fingerprint density at radius 2 is 2.37 bits per heavy atom. The van der Waals surface area contributed by atoms with E-state index in [-0.39, 0.29) is 0 Å². The summed E-state index contributed by atoms with van der Waals surface area (Å²) in [7, 11) is 0. The Bertz CT molecular complexity index is 392. The van der Waals surface area contributed by atoms with Crippen LogP contribution in [0.25, 0.3) is 0 Å². The van der Waals surface area contributed by atoms with Crippen LogP contribution in [0, 0.1) is 5.92 Å². The average Bonchev–Trinajstić information content (AvgIpc) is 3.02. The minimum atomic E-state index is 0.677. The van der Waals surface area contributed by atoms with E-state index in [4.69, 9.17) is 4.52 Å². The highest BCUT2D eigenvalue weighted by atomic mass is 16.5. The van der Waals surface area contributed by atoms with E-state index in [0.717, 1.165) is 43.6 Å². The van der Waals surface area contributed by atoms with Crippen molar-refractivity contribution in [2.75, 3.05) is 19.6 Å². The Labute approximate surface area is 114 Å². The second-order valence-electron chi connectivity index (χ2n) is 5.86. The molecule has 106 valence electrons. The van der Waals surface area contributed by atoms with Gasteiger partial charge in [-0.15, -0.1) is 0 Å². The third kappa shape index (κ3) is 3.15. The first-order valence-corrected chi connectivity index (χ1v) is 7.62. The topological polar surface area (TPSA) is 54.2 Å². The molecule has 0 saturated carbocycles. The maximum Gasteiger partial charge on any atom is 0.240 e. The summed E-state index contributed by atoms with van der Waals surface area (Å²) in [5.74, 6) is 2.47. The third-order valence-corrected chi connectivity index (χ3v) is 4.30. The fourth-order valence-electron chi connectivity index (χ4n) is 3.25. The van der Waals surface area contributed by atoms with Crippen LogP contribution in [0.5, 0.6) is 0 Å². The van der Waals surface area contributed by atoms with E-state index in [2.05, 4.69) is 27.3 Å². The zero-order valence-corrected chi connectivity index (χ0v) is 11.8. The lowest BCUT2D eigenvalue weighted by Gasteiger charge is -2.24. The smallest absolute Gasteiger partial charge is 0.240 e. The van der Waals surface area contributed by atoms with Crippen molar-refractivity contribution in [3.63, 3.8) is 0 Å². The summed E-state index contributed by atoms with van der Waals surface area (Å²) in [4.78, 5) is 6.94. The van der Waals surface area contributed by atoms with Crippen molar-refractivity contribution in [1.82, 2.24) is 20.4 Å². The molecule has 5 nitrogen and oxygen atoms in total. The van der Waals surface area contributed by atoms with Gasteiger partial charge in [0.15, 0.2) is 5.82 Å². The van der Waals surface area contributed by atoms with Crippen LogP contribution < -0.4 is 5.32 Å². The molecule has 2 unspecified atom stereocenters. The molecule has 0 amide bonds. The van der Waals surface area contributed by atoms with Crippen LogP contribution in [0.2, 0.25) is 0 Å². The van der Waals surface area contributed by atoms with Gasteiger partial charge < -0.3 is 9.84 Å². The molecule has 0 radical (unpaired) electrons. The van der Waals surface area contributed by atoms with Gasteiger partial charge in [-0.25, -0.2) is 0 Å². The number of nitrogens with one attached hydrogen (secondary N) is 1. The molecule has 19 heavy (non-hydrogen) atoms. The number of aryl methyl sites for hydroxylation is 1. The maximum absolute atomic E-state index is 5.35. The highest BCUT2D eigenvalue weighted by Crippen LogP contribution is 2.25. The van der Waals surface area contributed by atoms with E-state index in [1.165, 1.54) is 32.4 Å². The maximum atomic E-state index is 5.35. The van der Waals surface area contributed by atoms with Crippen molar-refractivity contribution in [2.24, 2.45) is 5.92 Å². The van der Waals surface area contributed by atoms with E-state index < -0.39 is 0 Å². The molecule has 0 aliphatic carbocycles. The van der Waals surface area contributed by atoms with Crippen LogP contribution in [0.4, 0.5) is 0 Å². The Balaban J connectivity index is 1.52. The van der Waals surface area contributed by atoms with Crippen molar-refractivity contribution in [3.8, 4) is 0 Å². The number of nitrogens with zero attached hydrogens (tertiary/aromatic N) is 3. The predicted molar refractivity (Wildman–Crippen MR) is 72.7 cm³/mol. The molecule has 3 heterocycles. The van der Waals surface area contributed by atoms with Crippen LogP contribution in [-0.2, 0) is 13.0 Å². The molecule has 1 aromatic rings. The first-order chi connectivity index (χ1) is 9.35. The van der Waals surface area contributed by atoms with Gasteiger partial charge in [-0.2, -0.15) is 4.98 Å². The number of aromatic nitrogens is 2. The van der Waals surface area contributed by atoms with Gasteiger partial charge in [-0.1, -0.05) is 18.5 Å². The Hall–Kier alpha value is -0.940. The Morgan fingerprint density at radius 1 is 1.42 bits per heavy atom. The number of unbranched alkanes of at least 4 members (excludes halogenated alkanes) is 1. The molecule has 2 saturated heterocycles. The van der Waals surface area contributed by atoms with E-state index >= 15 is 0 Å². The average molecular weight is 264 g/mol. The molecule has 2 atom stereocenters. The molecule has 0 aromatic carbocycles. The fourth-order valence-corrected chi connectivity index (χ4v) is 3.25. The van der Waals surface area contributed by atoms with Gasteiger partial charge in [-0.05, 0) is 31.7 Å². The van der Waals surface area contributed by atoms with E-state index in [9.17, 15) is 0 Å². The fraction of sp³-hybridized carbons (Fsp3) is 0.857. The summed E-state index contributed by atoms with van der Waals surface area (Å²) in [5.41, 5.74) is 0. The standard InChI is InChI=1S/C14H24N4O/c1-2-3-6-13-16-14(19-17-13)10-18-8-11-5-4-7-15-12(11)9-18/h11-12,15H,2-10H2,1H3. The van der Waals surface area contributed by atoms with Gasteiger partial charge in [0, 0.05) is 25.6 Å². The van der Waals surface area contributed by atoms with Gasteiger partial charge in [0.2, 0.25) is 5.89 Å². The molecule has 2 fully saturated rings. The highest BCUT2D eigenvalue weighted by Gasteiger charge is 2.34. The molecule has 3 rings (SSSR count). The summed E-state index contributed by atoms with van der Waals surface area (Å²) in [6, 6.07) is 0.677. The summed E-state index contributed by atoms with van der Waals surface area (Å²) in [6.07, 6.45) is 5.92. The first kappa shape index (κ1) is 13.1. The molecule has 2 aliphatic rings.